The molecule has 3 rings (SSSR count). The number of hydrogen-bond acceptors (Lipinski definition) is 3. The van der Waals surface area contributed by atoms with Gasteiger partial charge in [-0.25, -0.2) is 0 Å². The van der Waals surface area contributed by atoms with Gasteiger partial charge in [0.25, 0.3) is 0 Å². The molecule has 118 valence electrons. The summed E-state index contributed by atoms with van der Waals surface area (Å²) < 4.78 is 0. The summed E-state index contributed by atoms with van der Waals surface area (Å²) in [4.78, 5) is 4.40. The van der Waals surface area contributed by atoms with E-state index in [9.17, 15) is 0 Å². The van der Waals surface area contributed by atoms with Gasteiger partial charge in [-0.15, -0.1) is 0 Å². The molecular weight excluding hydrogens is 341 g/mol. The SMILES string of the molecule is Clc1cccc(C=Nc2ccc(N=Nc3ccccc3)cc2)c1Cl. The standard InChI is InChI=1S/C19H13Cl2N3/c20-18-8-4-5-14(19(18)21)13-22-15-9-11-17(12-10-15)24-23-16-6-2-1-3-7-16/h1-13H. The van der Waals surface area contributed by atoms with E-state index in [1.165, 1.54) is 0 Å². The van der Waals surface area contributed by atoms with E-state index in [-0.39, 0.29) is 0 Å². The van der Waals surface area contributed by atoms with Crippen molar-refractivity contribution >= 4 is 46.5 Å². The minimum atomic E-state index is 0.496. The van der Waals surface area contributed by atoms with Gasteiger partial charge in [-0.1, -0.05) is 53.5 Å². The highest BCUT2D eigenvalue weighted by atomic mass is 35.5. The summed E-state index contributed by atoms with van der Waals surface area (Å²) in [6, 6.07) is 22.5. The molecule has 0 aliphatic carbocycles. The van der Waals surface area contributed by atoms with E-state index in [4.69, 9.17) is 23.2 Å². The van der Waals surface area contributed by atoms with Crippen molar-refractivity contribution < 1.29 is 0 Å². The van der Waals surface area contributed by atoms with Gasteiger partial charge >= 0.3 is 0 Å². The number of nitrogens with zero attached hydrogens (tertiary/aromatic N) is 3. The molecule has 0 saturated heterocycles. The maximum Gasteiger partial charge on any atom is 0.0858 e. The van der Waals surface area contributed by atoms with Crippen LogP contribution in [0.5, 0.6) is 0 Å². The Bertz CT molecular complexity index is 873. The lowest BCUT2D eigenvalue weighted by atomic mass is 10.2. The van der Waals surface area contributed by atoms with Crippen LogP contribution in [0.3, 0.4) is 0 Å². The lowest BCUT2D eigenvalue weighted by Crippen LogP contribution is -1.82. The first-order valence-corrected chi connectivity index (χ1v) is 8.03. The molecule has 0 heterocycles. The van der Waals surface area contributed by atoms with Gasteiger partial charge in [0, 0.05) is 11.8 Å². The topological polar surface area (TPSA) is 37.1 Å². The van der Waals surface area contributed by atoms with E-state index in [1.807, 2.05) is 66.7 Å². The fourth-order valence-corrected chi connectivity index (χ4v) is 2.34. The molecule has 0 fully saturated rings. The van der Waals surface area contributed by atoms with Crippen molar-refractivity contribution in [3.63, 3.8) is 0 Å². The highest BCUT2D eigenvalue weighted by molar-refractivity contribution is 6.43. The number of hydrogen-bond donors (Lipinski definition) is 0. The monoisotopic (exact) mass is 353 g/mol. The van der Waals surface area contributed by atoms with E-state index < -0.39 is 0 Å². The van der Waals surface area contributed by atoms with Crippen LogP contribution in [0, 0.1) is 0 Å². The summed E-state index contributed by atoms with van der Waals surface area (Å²) in [5, 5.41) is 9.38. The number of azo groups is 1. The lowest BCUT2D eigenvalue weighted by Gasteiger charge is -2.00. The molecule has 24 heavy (non-hydrogen) atoms. The van der Waals surface area contributed by atoms with Crippen LogP contribution in [-0.4, -0.2) is 6.21 Å². The normalized spacial score (nSPS) is 11.4. The summed E-state index contributed by atoms with van der Waals surface area (Å²) in [5.74, 6) is 0. The highest BCUT2D eigenvalue weighted by Gasteiger charge is 2.01. The van der Waals surface area contributed by atoms with Crippen molar-refractivity contribution in [2.24, 2.45) is 15.2 Å². The van der Waals surface area contributed by atoms with Gasteiger partial charge in [0.2, 0.25) is 0 Å². The minimum Gasteiger partial charge on any atom is -0.256 e. The summed E-state index contributed by atoms with van der Waals surface area (Å²) in [6.45, 7) is 0. The molecule has 3 nitrogen and oxygen atoms in total. The molecule has 0 bridgehead atoms. The third kappa shape index (κ3) is 4.28. The van der Waals surface area contributed by atoms with Crippen molar-refractivity contribution in [3.8, 4) is 0 Å². The van der Waals surface area contributed by atoms with Crippen LogP contribution in [0.15, 0.2) is 88.0 Å². The fourth-order valence-electron chi connectivity index (χ4n) is 1.98. The second-order valence-electron chi connectivity index (χ2n) is 4.95. The van der Waals surface area contributed by atoms with Crippen LogP contribution in [0.1, 0.15) is 5.56 Å². The van der Waals surface area contributed by atoms with Gasteiger partial charge < -0.3 is 0 Å². The molecule has 3 aromatic rings. The molecule has 0 unspecified atom stereocenters. The van der Waals surface area contributed by atoms with E-state index in [0.717, 1.165) is 22.6 Å². The van der Waals surface area contributed by atoms with Crippen LogP contribution in [0.25, 0.3) is 0 Å². The largest absolute Gasteiger partial charge is 0.256 e. The maximum absolute atomic E-state index is 6.13. The average molecular weight is 354 g/mol. The Balaban J connectivity index is 1.72. The molecule has 0 radical (unpaired) electrons. The Hall–Kier alpha value is -2.49. The third-order valence-corrected chi connectivity index (χ3v) is 4.05. The smallest absolute Gasteiger partial charge is 0.0858 e. The van der Waals surface area contributed by atoms with Gasteiger partial charge in [0.1, 0.15) is 0 Å². The zero-order chi connectivity index (χ0) is 16.8. The molecule has 0 spiro atoms. The van der Waals surface area contributed by atoms with Gasteiger partial charge in [-0.05, 0) is 42.5 Å². The van der Waals surface area contributed by atoms with E-state index in [2.05, 4.69) is 15.2 Å². The summed E-state index contributed by atoms with van der Waals surface area (Å²) in [5.41, 5.74) is 3.15. The van der Waals surface area contributed by atoms with Crippen molar-refractivity contribution in [3.05, 3.63) is 88.4 Å². The van der Waals surface area contributed by atoms with E-state index >= 15 is 0 Å². The Labute approximate surface area is 150 Å². The van der Waals surface area contributed by atoms with Gasteiger partial charge in [-0.2, -0.15) is 10.2 Å². The minimum absolute atomic E-state index is 0.496. The molecule has 0 aliphatic heterocycles. The van der Waals surface area contributed by atoms with E-state index in [0.29, 0.717) is 10.0 Å². The van der Waals surface area contributed by atoms with Crippen LogP contribution < -0.4 is 0 Å². The van der Waals surface area contributed by atoms with Crippen molar-refractivity contribution in [2.75, 3.05) is 0 Å². The Kier molecular flexibility index (Phi) is 5.36. The van der Waals surface area contributed by atoms with Crippen LogP contribution in [0.4, 0.5) is 17.1 Å². The first kappa shape index (κ1) is 16.4. The fraction of sp³-hybridized carbons (Fsp3) is 0. The van der Waals surface area contributed by atoms with Crippen LogP contribution in [0.2, 0.25) is 10.0 Å². The number of rotatable bonds is 4. The Morgan fingerprint density at radius 1 is 0.625 bits per heavy atom. The molecular formula is C19H13Cl2N3. The molecule has 5 heteroatoms. The Morgan fingerprint density at radius 2 is 1.25 bits per heavy atom. The third-order valence-electron chi connectivity index (χ3n) is 3.22. The van der Waals surface area contributed by atoms with Gasteiger partial charge in [0.05, 0.1) is 27.1 Å². The molecule has 0 amide bonds. The predicted octanol–water partition coefficient (Wildman–Crippen LogP) is 7.16. The predicted molar refractivity (Wildman–Crippen MR) is 101 cm³/mol. The Morgan fingerprint density at radius 3 is 1.96 bits per heavy atom. The molecule has 3 aromatic carbocycles. The molecule has 0 atom stereocenters. The number of halogens is 2. The van der Waals surface area contributed by atoms with Gasteiger partial charge in [-0.3, -0.25) is 4.99 Å². The van der Waals surface area contributed by atoms with Gasteiger partial charge in [0.15, 0.2) is 0 Å². The highest BCUT2D eigenvalue weighted by Crippen LogP contribution is 2.25. The van der Waals surface area contributed by atoms with Crippen LogP contribution >= 0.6 is 23.2 Å². The molecule has 0 aliphatic rings. The lowest BCUT2D eigenvalue weighted by molar-refractivity contribution is 1.23. The molecule has 0 N–H and O–H groups in total. The summed E-state index contributed by atoms with van der Waals surface area (Å²) in [6.07, 6.45) is 1.69. The second kappa shape index (κ2) is 7.86. The average Bonchev–Trinajstić information content (AvgIpc) is 2.63. The van der Waals surface area contributed by atoms with Crippen molar-refractivity contribution in [2.45, 2.75) is 0 Å². The summed E-state index contributed by atoms with van der Waals surface area (Å²) >= 11 is 12.1. The number of benzene rings is 3. The first-order chi connectivity index (χ1) is 11.7. The summed E-state index contributed by atoms with van der Waals surface area (Å²) in [7, 11) is 0. The van der Waals surface area contributed by atoms with Crippen molar-refractivity contribution in [1.29, 1.82) is 0 Å². The van der Waals surface area contributed by atoms with E-state index in [1.54, 1.807) is 12.3 Å². The first-order valence-electron chi connectivity index (χ1n) is 7.27. The number of aliphatic imine (C=N–C) groups is 1. The maximum atomic E-state index is 6.13. The molecule has 0 saturated carbocycles. The zero-order valence-corrected chi connectivity index (χ0v) is 14.1. The molecule has 0 aromatic heterocycles. The zero-order valence-electron chi connectivity index (χ0n) is 12.6. The van der Waals surface area contributed by atoms with Crippen molar-refractivity contribution in [1.82, 2.24) is 0 Å². The van der Waals surface area contributed by atoms with Crippen LogP contribution in [-0.2, 0) is 0 Å². The quantitative estimate of drug-likeness (QED) is 0.352. The second-order valence-corrected chi connectivity index (χ2v) is 5.74.